The van der Waals surface area contributed by atoms with Gasteiger partial charge in [0.05, 0.1) is 6.04 Å². The largest absolute Gasteiger partial charge is 0.330 e. The average Bonchev–Trinajstić information content (AvgIpc) is 3.32. The van der Waals surface area contributed by atoms with Gasteiger partial charge in [-0.05, 0) is 53.1 Å². The molecule has 0 fully saturated rings. The molecule has 3 aromatic rings. The van der Waals surface area contributed by atoms with Crippen LogP contribution in [-0.4, -0.2) is 41.2 Å². The molecule has 0 saturated carbocycles. The molecule has 0 radical (unpaired) electrons. The van der Waals surface area contributed by atoms with Crippen LogP contribution in [0.25, 0.3) is 6.08 Å². The molecule has 0 saturated heterocycles. The first-order chi connectivity index (χ1) is 16.1. The predicted octanol–water partition coefficient (Wildman–Crippen LogP) is 5.26. The Labute approximate surface area is 199 Å². The van der Waals surface area contributed by atoms with Gasteiger partial charge in [0, 0.05) is 24.0 Å². The summed E-state index contributed by atoms with van der Waals surface area (Å²) >= 11 is 1.75. The zero-order chi connectivity index (χ0) is 23.2. The molecule has 4 nitrogen and oxygen atoms in total. The minimum Gasteiger partial charge on any atom is -0.330 e. The highest BCUT2D eigenvalue weighted by Crippen LogP contribution is 2.38. The molecule has 1 aliphatic heterocycles. The summed E-state index contributed by atoms with van der Waals surface area (Å²) in [7, 11) is 0. The highest BCUT2D eigenvalue weighted by atomic mass is 32.1. The van der Waals surface area contributed by atoms with Crippen molar-refractivity contribution >= 4 is 29.2 Å². The van der Waals surface area contributed by atoms with Gasteiger partial charge in [-0.15, -0.1) is 17.9 Å². The molecule has 2 amide bonds. The second-order valence-corrected chi connectivity index (χ2v) is 9.15. The van der Waals surface area contributed by atoms with Crippen molar-refractivity contribution in [1.29, 1.82) is 0 Å². The van der Waals surface area contributed by atoms with Crippen LogP contribution >= 0.6 is 11.3 Å². The lowest BCUT2D eigenvalue weighted by Crippen LogP contribution is -2.46. The number of aryl methyl sites for hydroxylation is 1. The van der Waals surface area contributed by atoms with Crippen LogP contribution in [0.3, 0.4) is 0 Å². The first-order valence-electron chi connectivity index (χ1n) is 11.1. The Hall–Kier alpha value is -3.44. The lowest BCUT2D eigenvalue weighted by Gasteiger charge is -2.38. The Bertz CT molecular complexity index is 1170. The van der Waals surface area contributed by atoms with E-state index in [4.69, 9.17) is 0 Å². The standard InChI is InChI=1S/C28H28N2O2S/c1-3-17-29(26(31)14-13-22-10-5-4-6-11-22)20-27(32)30-18-15-25-24(16-19-33-25)28(30)23-12-8-7-9-21(23)2/h3-14,16,19,28H,1,15,17-18,20H2,2H3/b14-13+. The zero-order valence-electron chi connectivity index (χ0n) is 18.8. The molecule has 0 bridgehead atoms. The maximum Gasteiger partial charge on any atom is 0.247 e. The van der Waals surface area contributed by atoms with E-state index in [1.54, 1.807) is 28.4 Å². The van der Waals surface area contributed by atoms with Crippen LogP contribution in [0.15, 0.2) is 84.8 Å². The molecule has 1 atom stereocenters. The van der Waals surface area contributed by atoms with Gasteiger partial charge in [-0.1, -0.05) is 60.7 Å². The molecular weight excluding hydrogens is 428 g/mol. The molecular formula is C28H28N2O2S. The molecule has 0 spiro atoms. The molecule has 1 aromatic heterocycles. The minimum absolute atomic E-state index is 0.0197. The van der Waals surface area contributed by atoms with E-state index in [0.717, 1.165) is 23.1 Å². The third-order valence-corrected chi connectivity index (χ3v) is 6.97. The maximum absolute atomic E-state index is 13.6. The van der Waals surface area contributed by atoms with Crippen LogP contribution in [0.4, 0.5) is 0 Å². The van der Waals surface area contributed by atoms with Gasteiger partial charge in [0.15, 0.2) is 0 Å². The molecule has 5 heteroatoms. The summed E-state index contributed by atoms with van der Waals surface area (Å²) in [5.74, 6) is -0.254. The number of fused-ring (bicyclic) bond motifs is 1. The maximum atomic E-state index is 13.6. The number of nitrogens with zero attached hydrogens (tertiary/aromatic N) is 2. The van der Waals surface area contributed by atoms with E-state index in [2.05, 4.69) is 37.1 Å². The highest BCUT2D eigenvalue weighted by molar-refractivity contribution is 7.10. The second kappa shape index (κ2) is 10.5. The van der Waals surface area contributed by atoms with E-state index >= 15 is 0 Å². The predicted molar refractivity (Wildman–Crippen MR) is 135 cm³/mol. The second-order valence-electron chi connectivity index (χ2n) is 8.15. The van der Waals surface area contributed by atoms with Gasteiger partial charge in [0.2, 0.25) is 11.8 Å². The van der Waals surface area contributed by atoms with Gasteiger partial charge in [-0.3, -0.25) is 9.59 Å². The van der Waals surface area contributed by atoms with Crippen LogP contribution < -0.4 is 0 Å². The number of thiophene rings is 1. The van der Waals surface area contributed by atoms with Crippen LogP contribution in [0.5, 0.6) is 0 Å². The van der Waals surface area contributed by atoms with E-state index in [1.807, 2.05) is 47.4 Å². The third kappa shape index (κ3) is 5.15. The first kappa shape index (κ1) is 22.7. The van der Waals surface area contributed by atoms with Gasteiger partial charge in [0.1, 0.15) is 6.54 Å². The Kier molecular flexibility index (Phi) is 7.20. The van der Waals surface area contributed by atoms with E-state index in [1.165, 1.54) is 16.5 Å². The molecule has 2 heterocycles. The van der Waals surface area contributed by atoms with Gasteiger partial charge in [0.25, 0.3) is 0 Å². The lowest BCUT2D eigenvalue weighted by molar-refractivity contribution is -0.139. The Morgan fingerprint density at radius 2 is 1.85 bits per heavy atom. The van der Waals surface area contributed by atoms with Gasteiger partial charge in [-0.2, -0.15) is 0 Å². The number of hydrogen-bond acceptors (Lipinski definition) is 3. The molecule has 2 aromatic carbocycles. The number of carbonyl (C=O) groups excluding carboxylic acids is 2. The molecule has 0 aliphatic carbocycles. The van der Waals surface area contributed by atoms with Crippen LogP contribution in [0, 0.1) is 6.92 Å². The number of carbonyl (C=O) groups is 2. The summed E-state index contributed by atoms with van der Waals surface area (Å²) < 4.78 is 0. The Morgan fingerprint density at radius 1 is 1.09 bits per heavy atom. The normalized spacial score (nSPS) is 15.3. The fourth-order valence-corrected chi connectivity index (χ4v) is 5.20. The van der Waals surface area contributed by atoms with E-state index in [0.29, 0.717) is 13.1 Å². The zero-order valence-corrected chi connectivity index (χ0v) is 19.6. The third-order valence-electron chi connectivity index (χ3n) is 5.97. The summed E-state index contributed by atoms with van der Waals surface area (Å²) in [5, 5.41) is 2.10. The summed E-state index contributed by atoms with van der Waals surface area (Å²) in [6, 6.07) is 19.9. The van der Waals surface area contributed by atoms with Crippen molar-refractivity contribution in [2.24, 2.45) is 0 Å². The smallest absolute Gasteiger partial charge is 0.247 e. The van der Waals surface area contributed by atoms with Crippen molar-refractivity contribution in [2.75, 3.05) is 19.6 Å². The monoisotopic (exact) mass is 456 g/mol. The molecule has 4 rings (SSSR count). The minimum atomic E-state index is -0.201. The lowest BCUT2D eigenvalue weighted by atomic mass is 9.90. The molecule has 1 aliphatic rings. The Morgan fingerprint density at radius 3 is 2.61 bits per heavy atom. The van der Waals surface area contributed by atoms with E-state index in [9.17, 15) is 9.59 Å². The number of hydrogen-bond donors (Lipinski definition) is 0. The SMILES string of the molecule is C=CCN(CC(=O)N1CCc2sccc2C1c1ccccc1C)C(=O)/C=C/c1ccccc1. The van der Waals surface area contributed by atoms with Gasteiger partial charge >= 0.3 is 0 Å². The quantitative estimate of drug-likeness (QED) is 0.359. The van der Waals surface area contributed by atoms with Gasteiger partial charge < -0.3 is 9.80 Å². The van der Waals surface area contributed by atoms with Crippen LogP contribution in [0.2, 0.25) is 0 Å². The van der Waals surface area contributed by atoms with Crippen molar-refractivity contribution in [3.8, 4) is 0 Å². The number of rotatable bonds is 7. The topological polar surface area (TPSA) is 40.6 Å². The molecule has 0 N–H and O–H groups in total. The fraction of sp³-hybridized carbons (Fsp3) is 0.214. The number of amides is 2. The van der Waals surface area contributed by atoms with Crippen molar-refractivity contribution in [3.05, 3.63) is 112 Å². The number of benzene rings is 2. The van der Waals surface area contributed by atoms with E-state index in [-0.39, 0.29) is 24.4 Å². The van der Waals surface area contributed by atoms with Crippen LogP contribution in [0.1, 0.15) is 33.2 Å². The summed E-state index contributed by atoms with van der Waals surface area (Å²) in [6.45, 7) is 6.84. The average molecular weight is 457 g/mol. The van der Waals surface area contributed by atoms with E-state index < -0.39 is 0 Å². The Balaban J connectivity index is 1.57. The molecule has 1 unspecified atom stereocenters. The summed E-state index contributed by atoms with van der Waals surface area (Å²) in [6.07, 6.45) is 5.80. The van der Waals surface area contributed by atoms with Crippen LogP contribution in [-0.2, 0) is 16.0 Å². The van der Waals surface area contributed by atoms with Crippen molar-refractivity contribution in [3.63, 3.8) is 0 Å². The summed E-state index contributed by atoms with van der Waals surface area (Å²) in [4.78, 5) is 31.3. The molecule has 33 heavy (non-hydrogen) atoms. The van der Waals surface area contributed by atoms with Crippen molar-refractivity contribution < 1.29 is 9.59 Å². The van der Waals surface area contributed by atoms with Crippen molar-refractivity contribution in [2.45, 2.75) is 19.4 Å². The first-order valence-corrected chi connectivity index (χ1v) is 12.0. The van der Waals surface area contributed by atoms with Crippen molar-refractivity contribution in [1.82, 2.24) is 9.80 Å². The molecule has 168 valence electrons. The summed E-state index contributed by atoms with van der Waals surface area (Å²) in [5.41, 5.74) is 4.43. The highest BCUT2D eigenvalue weighted by Gasteiger charge is 2.34. The van der Waals surface area contributed by atoms with Gasteiger partial charge in [-0.25, -0.2) is 0 Å². The fourth-order valence-electron chi connectivity index (χ4n) is 4.29.